The molecule has 3 aromatic rings. The molecular formula is C29H33ClFN5O4S. The van der Waals surface area contributed by atoms with Gasteiger partial charge in [0.1, 0.15) is 12.2 Å². The lowest BCUT2D eigenvalue weighted by Crippen LogP contribution is -2.41. The number of carbonyl (C=O) groups excluding carboxylic acids is 2. The smallest absolute Gasteiger partial charge is 0.412 e. The molecule has 1 saturated heterocycles. The summed E-state index contributed by atoms with van der Waals surface area (Å²) in [5.74, 6) is -0.223. The molecule has 41 heavy (non-hydrogen) atoms. The normalized spacial score (nSPS) is 14.0. The highest BCUT2D eigenvalue weighted by Crippen LogP contribution is 2.39. The Hall–Kier alpha value is -3.57. The van der Waals surface area contributed by atoms with Crippen LogP contribution in [-0.2, 0) is 15.9 Å². The highest BCUT2D eigenvalue weighted by Gasteiger charge is 2.27. The Bertz CT molecular complexity index is 1400. The Balaban J connectivity index is 1.52. The van der Waals surface area contributed by atoms with Crippen LogP contribution in [0.3, 0.4) is 0 Å². The first-order chi connectivity index (χ1) is 19.5. The molecule has 2 amide bonds. The van der Waals surface area contributed by atoms with Gasteiger partial charge in [0.2, 0.25) is 5.28 Å². The van der Waals surface area contributed by atoms with Crippen molar-refractivity contribution >= 4 is 40.8 Å². The van der Waals surface area contributed by atoms with Gasteiger partial charge in [0.25, 0.3) is 0 Å². The molecule has 1 aliphatic rings. The third-order valence-corrected chi connectivity index (χ3v) is 7.71. The average molecular weight is 602 g/mol. The monoisotopic (exact) mass is 601 g/mol. The van der Waals surface area contributed by atoms with E-state index in [1.165, 1.54) is 29.7 Å². The number of carbonyl (C=O) groups is 2. The van der Waals surface area contributed by atoms with Crippen molar-refractivity contribution in [2.24, 2.45) is 5.92 Å². The molecule has 0 saturated carbocycles. The number of aryl methyl sites for hydroxylation is 1. The van der Waals surface area contributed by atoms with Crippen LogP contribution < -0.4 is 5.32 Å². The van der Waals surface area contributed by atoms with Gasteiger partial charge in [-0.05, 0) is 82.2 Å². The van der Waals surface area contributed by atoms with Crippen LogP contribution in [0.1, 0.15) is 45.0 Å². The van der Waals surface area contributed by atoms with Gasteiger partial charge in [-0.2, -0.15) is 0 Å². The number of halogens is 2. The molecule has 1 fully saturated rings. The van der Waals surface area contributed by atoms with Crippen LogP contribution in [0.2, 0.25) is 5.28 Å². The number of hydrogen-bond acceptors (Lipinski definition) is 8. The zero-order valence-corrected chi connectivity index (χ0v) is 24.9. The standard InChI is InChI=1S/C29H33ClFN5O4S/c1-5-17-39-27(37)34-20-8-6-7-19(23(20)31)24-25(21-11-14-32-26(30)33-21)41-22(35-24)10-9-18-12-15-36(16-13-18)28(38)40-29(2,3)4/h5-8,11,14,18H,1,9-10,12-13,15-17H2,2-4H3,(H,34,37). The van der Waals surface area contributed by atoms with Crippen molar-refractivity contribution in [1.29, 1.82) is 0 Å². The number of nitrogens with zero attached hydrogens (tertiary/aromatic N) is 4. The van der Waals surface area contributed by atoms with E-state index in [0.29, 0.717) is 41.7 Å². The number of ether oxygens (including phenoxy) is 2. The summed E-state index contributed by atoms with van der Waals surface area (Å²) in [4.78, 5) is 40.0. The highest BCUT2D eigenvalue weighted by molar-refractivity contribution is 7.15. The number of rotatable bonds is 8. The minimum absolute atomic E-state index is 0.00123. The van der Waals surface area contributed by atoms with Crippen LogP contribution in [0.25, 0.3) is 21.8 Å². The van der Waals surface area contributed by atoms with Crippen molar-refractivity contribution in [1.82, 2.24) is 19.9 Å². The molecule has 0 atom stereocenters. The zero-order chi connectivity index (χ0) is 29.6. The molecule has 12 heteroatoms. The lowest BCUT2D eigenvalue weighted by Gasteiger charge is -2.33. The molecule has 3 heterocycles. The van der Waals surface area contributed by atoms with Crippen LogP contribution in [0, 0.1) is 11.7 Å². The Morgan fingerprint density at radius 1 is 1.24 bits per heavy atom. The number of piperidine rings is 1. The minimum Gasteiger partial charge on any atom is -0.445 e. The quantitative estimate of drug-likeness (QED) is 0.212. The van der Waals surface area contributed by atoms with Gasteiger partial charge in [0, 0.05) is 24.8 Å². The van der Waals surface area contributed by atoms with Gasteiger partial charge in [-0.25, -0.2) is 28.9 Å². The maximum Gasteiger partial charge on any atom is 0.412 e. The molecule has 1 aliphatic heterocycles. The van der Waals surface area contributed by atoms with E-state index in [9.17, 15) is 9.59 Å². The number of hydrogen-bond donors (Lipinski definition) is 1. The Morgan fingerprint density at radius 2 is 2.00 bits per heavy atom. The van der Waals surface area contributed by atoms with Crippen LogP contribution in [0.5, 0.6) is 0 Å². The molecule has 0 bridgehead atoms. The van der Waals surface area contributed by atoms with E-state index in [4.69, 9.17) is 26.1 Å². The number of thiazole rings is 1. The summed E-state index contributed by atoms with van der Waals surface area (Å²) in [5.41, 5.74) is 0.586. The number of anilines is 1. The van der Waals surface area contributed by atoms with Gasteiger partial charge in [-0.3, -0.25) is 5.32 Å². The Kier molecular flexibility index (Phi) is 9.93. The van der Waals surface area contributed by atoms with Gasteiger partial charge >= 0.3 is 12.2 Å². The summed E-state index contributed by atoms with van der Waals surface area (Å²) in [6.07, 6.45) is 5.19. The fourth-order valence-corrected chi connectivity index (χ4v) is 5.65. The average Bonchev–Trinajstić information content (AvgIpc) is 3.35. The highest BCUT2D eigenvalue weighted by atomic mass is 35.5. The number of nitrogens with one attached hydrogen (secondary N) is 1. The van der Waals surface area contributed by atoms with E-state index in [2.05, 4.69) is 21.9 Å². The molecule has 218 valence electrons. The van der Waals surface area contributed by atoms with Crippen molar-refractivity contribution in [3.63, 3.8) is 0 Å². The van der Waals surface area contributed by atoms with Crippen molar-refractivity contribution in [3.05, 3.63) is 59.2 Å². The predicted octanol–water partition coefficient (Wildman–Crippen LogP) is 7.37. The van der Waals surface area contributed by atoms with Crippen LogP contribution in [-0.4, -0.2) is 57.3 Å². The Labute approximate surface area is 247 Å². The lowest BCUT2D eigenvalue weighted by molar-refractivity contribution is 0.0181. The van der Waals surface area contributed by atoms with Gasteiger partial charge in [0.15, 0.2) is 5.82 Å². The molecule has 0 unspecified atom stereocenters. The first-order valence-corrected chi connectivity index (χ1v) is 14.5. The number of aromatic nitrogens is 3. The second-order valence-electron chi connectivity index (χ2n) is 10.6. The summed E-state index contributed by atoms with van der Waals surface area (Å²) in [6, 6.07) is 6.39. The maximum absolute atomic E-state index is 15.7. The molecule has 0 radical (unpaired) electrons. The molecule has 9 nitrogen and oxygen atoms in total. The maximum atomic E-state index is 15.7. The lowest BCUT2D eigenvalue weighted by atomic mass is 9.92. The fourth-order valence-electron chi connectivity index (χ4n) is 4.44. The summed E-state index contributed by atoms with van der Waals surface area (Å²) >= 11 is 7.49. The fraction of sp³-hybridized carbons (Fsp3) is 0.414. The molecule has 1 aromatic carbocycles. The summed E-state index contributed by atoms with van der Waals surface area (Å²) in [6.45, 7) is 10.4. The number of likely N-dealkylation sites (tertiary alicyclic amines) is 1. The zero-order valence-electron chi connectivity index (χ0n) is 23.3. The van der Waals surface area contributed by atoms with Crippen LogP contribution >= 0.6 is 22.9 Å². The van der Waals surface area contributed by atoms with Crippen molar-refractivity contribution in [2.75, 3.05) is 25.0 Å². The second kappa shape index (κ2) is 13.4. The number of benzene rings is 1. The molecular weight excluding hydrogens is 569 g/mol. The topological polar surface area (TPSA) is 107 Å². The van der Waals surface area contributed by atoms with Crippen LogP contribution in [0.15, 0.2) is 43.1 Å². The van der Waals surface area contributed by atoms with Gasteiger partial charge in [0.05, 0.1) is 27.0 Å². The first kappa shape index (κ1) is 30.4. The minimum atomic E-state index is -0.791. The summed E-state index contributed by atoms with van der Waals surface area (Å²) in [5, 5.41) is 3.32. The van der Waals surface area contributed by atoms with E-state index >= 15 is 4.39 Å². The van der Waals surface area contributed by atoms with Gasteiger partial charge in [-0.15, -0.1) is 11.3 Å². The molecule has 2 aromatic heterocycles. The molecule has 0 aliphatic carbocycles. The summed E-state index contributed by atoms with van der Waals surface area (Å²) < 4.78 is 26.1. The van der Waals surface area contributed by atoms with E-state index in [0.717, 1.165) is 24.3 Å². The van der Waals surface area contributed by atoms with E-state index in [-0.39, 0.29) is 29.2 Å². The SMILES string of the molecule is C=CCOC(=O)Nc1cccc(-c2nc(CCC3CCN(C(=O)OC(C)(C)C)CC3)sc2-c2ccnc(Cl)n2)c1F. The third-order valence-electron chi connectivity index (χ3n) is 6.39. The van der Waals surface area contributed by atoms with E-state index in [1.807, 2.05) is 20.8 Å². The van der Waals surface area contributed by atoms with Crippen molar-refractivity contribution in [2.45, 2.75) is 52.1 Å². The van der Waals surface area contributed by atoms with Crippen molar-refractivity contribution < 1.29 is 23.5 Å². The largest absolute Gasteiger partial charge is 0.445 e. The third kappa shape index (κ3) is 8.23. The molecule has 1 N–H and O–H groups in total. The van der Waals surface area contributed by atoms with Gasteiger partial charge in [-0.1, -0.05) is 18.7 Å². The first-order valence-electron chi connectivity index (χ1n) is 13.3. The summed E-state index contributed by atoms with van der Waals surface area (Å²) in [7, 11) is 0. The van der Waals surface area contributed by atoms with E-state index < -0.39 is 17.5 Å². The second-order valence-corrected chi connectivity index (χ2v) is 12.0. The Morgan fingerprint density at radius 3 is 2.68 bits per heavy atom. The number of amides is 2. The molecule has 4 rings (SSSR count). The van der Waals surface area contributed by atoms with Crippen LogP contribution in [0.4, 0.5) is 19.7 Å². The molecule has 0 spiro atoms. The van der Waals surface area contributed by atoms with E-state index in [1.54, 1.807) is 23.1 Å². The predicted molar refractivity (Wildman–Crippen MR) is 158 cm³/mol. The van der Waals surface area contributed by atoms with Gasteiger partial charge < -0.3 is 14.4 Å². The van der Waals surface area contributed by atoms with Crippen molar-refractivity contribution in [3.8, 4) is 21.8 Å².